The number of benzene rings is 1. The maximum absolute atomic E-state index is 12.0. The second kappa shape index (κ2) is 7.33. The SMILES string of the molecule is Cc1cnc(SCC(O)c2ccc(OC(F)F)cc2)nc1. The maximum Gasteiger partial charge on any atom is 0.387 e. The summed E-state index contributed by atoms with van der Waals surface area (Å²) < 4.78 is 28.3. The Hall–Kier alpha value is -1.73. The largest absolute Gasteiger partial charge is 0.435 e. The topological polar surface area (TPSA) is 55.2 Å². The summed E-state index contributed by atoms with van der Waals surface area (Å²) in [5.74, 6) is 0.438. The van der Waals surface area contributed by atoms with Crippen molar-refractivity contribution in [1.29, 1.82) is 0 Å². The van der Waals surface area contributed by atoms with Crippen molar-refractivity contribution < 1.29 is 18.6 Å². The fourth-order valence-corrected chi connectivity index (χ4v) is 2.33. The zero-order chi connectivity index (χ0) is 15.2. The molecule has 1 atom stereocenters. The third-order valence-electron chi connectivity index (χ3n) is 2.62. The molecule has 1 unspecified atom stereocenters. The molecule has 4 nitrogen and oxygen atoms in total. The van der Waals surface area contributed by atoms with Gasteiger partial charge in [0.05, 0.1) is 6.10 Å². The third-order valence-corrected chi connectivity index (χ3v) is 3.57. The van der Waals surface area contributed by atoms with E-state index in [1.165, 1.54) is 23.9 Å². The van der Waals surface area contributed by atoms with Gasteiger partial charge in [-0.15, -0.1) is 0 Å². The zero-order valence-corrected chi connectivity index (χ0v) is 12.1. The van der Waals surface area contributed by atoms with E-state index >= 15 is 0 Å². The van der Waals surface area contributed by atoms with E-state index in [1.807, 2.05) is 6.92 Å². The van der Waals surface area contributed by atoms with Crippen LogP contribution in [0.3, 0.4) is 0 Å². The predicted octanol–water partition coefficient (Wildman–Crippen LogP) is 3.21. The molecular weight excluding hydrogens is 298 g/mol. The highest BCUT2D eigenvalue weighted by Crippen LogP contribution is 2.24. The molecule has 0 aliphatic heterocycles. The maximum atomic E-state index is 12.0. The predicted molar refractivity (Wildman–Crippen MR) is 75.5 cm³/mol. The number of nitrogens with zero attached hydrogens (tertiary/aromatic N) is 2. The minimum Gasteiger partial charge on any atom is -0.435 e. The van der Waals surface area contributed by atoms with Gasteiger partial charge in [-0.25, -0.2) is 9.97 Å². The van der Waals surface area contributed by atoms with E-state index in [1.54, 1.807) is 24.5 Å². The highest BCUT2D eigenvalue weighted by Gasteiger charge is 2.10. The number of rotatable bonds is 6. The van der Waals surface area contributed by atoms with E-state index < -0.39 is 12.7 Å². The van der Waals surface area contributed by atoms with Crippen molar-refractivity contribution in [2.75, 3.05) is 5.75 Å². The second-order valence-corrected chi connectivity index (χ2v) is 5.30. The molecule has 1 N–H and O–H groups in total. The van der Waals surface area contributed by atoms with Gasteiger partial charge < -0.3 is 9.84 Å². The van der Waals surface area contributed by atoms with Crippen molar-refractivity contribution in [1.82, 2.24) is 9.97 Å². The van der Waals surface area contributed by atoms with Crippen LogP contribution in [0.4, 0.5) is 8.78 Å². The Balaban J connectivity index is 1.90. The Morgan fingerprint density at radius 3 is 2.38 bits per heavy atom. The van der Waals surface area contributed by atoms with Crippen LogP contribution in [0, 0.1) is 6.92 Å². The third kappa shape index (κ3) is 4.95. The smallest absolute Gasteiger partial charge is 0.387 e. The molecule has 0 aliphatic rings. The summed E-state index contributed by atoms with van der Waals surface area (Å²) in [5, 5.41) is 10.6. The van der Waals surface area contributed by atoms with Gasteiger partial charge in [0.25, 0.3) is 0 Å². The molecule has 1 aromatic heterocycles. The van der Waals surface area contributed by atoms with E-state index in [0.717, 1.165) is 5.56 Å². The number of aliphatic hydroxyl groups excluding tert-OH is 1. The lowest BCUT2D eigenvalue weighted by molar-refractivity contribution is -0.0498. The van der Waals surface area contributed by atoms with Crippen molar-refractivity contribution in [2.45, 2.75) is 24.8 Å². The molecule has 1 heterocycles. The first kappa shape index (κ1) is 15.7. The molecule has 0 spiro atoms. The van der Waals surface area contributed by atoms with Crippen molar-refractivity contribution in [3.05, 3.63) is 47.8 Å². The molecule has 0 fully saturated rings. The van der Waals surface area contributed by atoms with Gasteiger partial charge in [-0.05, 0) is 30.2 Å². The van der Waals surface area contributed by atoms with Crippen molar-refractivity contribution in [2.24, 2.45) is 0 Å². The van der Waals surface area contributed by atoms with Crippen molar-refractivity contribution in [3.63, 3.8) is 0 Å². The van der Waals surface area contributed by atoms with Gasteiger partial charge in [0.15, 0.2) is 5.16 Å². The van der Waals surface area contributed by atoms with Crippen molar-refractivity contribution >= 4 is 11.8 Å². The van der Waals surface area contributed by atoms with Gasteiger partial charge in [-0.2, -0.15) is 8.78 Å². The van der Waals surface area contributed by atoms with Crippen molar-refractivity contribution in [3.8, 4) is 5.75 Å². The number of thioether (sulfide) groups is 1. The summed E-state index contributed by atoms with van der Waals surface area (Å²) in [7, 11) is 0. The number of alkyl halides is 2. The lowest BCUT2D eigenvalue weighted by atomic mass is 10.1. The van der Waals surface area contributed by atoms with Crippen LogP contribution in [0.2, 0.25) is 0 Å². The fraction of sp³-hybridized carbons (Fsp3) is 0.286. The molecule has 1 aromatic carbocycles. The van der Waals surface area contributed by atoms with Crippen LogP contribution in [0.15, 0.2) is 41.8 Å². The quantitative estimate of drug-likeness (QED) is 0.655. The Kier molecular flexibility index (Phi) is 5.46. The van der Waals surface area contributed by atoms with E-state index in [2.05, 4.69) is 14.7 Å². The number of aryl methyl sites for hydroxylation is 1. The van der Waals surface area contributed by atoms with Gasteiger partial charge >= 0.3 is 6.61 Å². The Morgan fingerprint density at radius 2 is 1.81 bits per heavy atom. The molecule has 2 aromatic rings. The molecule has 7 heteroatoms. The molecule has 21 heavy (non-hydrogen) atoms. The minimum atomic E-state index is -2.85. The van der Waals surface area contributed by atoms with Crippen LogP contribution in [-0.2, 0) is 0 Å². The number of aliphatic hydroxyl groups is 1. The minimum absolute atomic E-state index is 0.0653. The summed E-state index contributed by atoms with van der Waals surface area (Å²) in [6.45, 7) is -0.957. The van der Waals surface area contributed by atoms with Gasteiger partial charge in [-0.1, -0.05) is 23.9 Å². The zero-order valence-electron chi connectivity index (χ0n) is 11.2. The highest BCUT2D eigenvalue weighted by molar-refractivity contribution is 7.99. The molecule has 2 rings (SSSR count). The first-order valence-electron chi connectivity index (χ1n) is 6.19. The molecular formula is C14H14F2N2O2S. The number of aromatic nitrogens is 2. The molecule has 0 aliphatic carbocycles. The monoisotopic (exact) mass is 312 g/mol. The highest BCUT2D eigenvalue weighted by atomic mass is 32.2. The van der Waals surface area contributed by atoms with Gasteiger partial charge in [0.2, 0.25) is 0 Å². The number of hydrogen-bond donors (Lipinski definition) is 1. The Bertz CT molecular complexity index is 564. The number of halogens is 2. The summed E-state index contributed by atoms with van der Waals surface area (Å²) in [4.78, 5) is 8.26. The van der Waals surface area contributed by atoms with E-state index in [4.69, 9.17) is 0 Å². The molecule has 112 valence electrons. The normalized spacial score (nSPS) is 12.4. The lowest BCUT2D eigenvalue weighted by Gasteiger charge is -2.11. The molecule has 0 bridgehead atoms. The summed E-state index contributed by atoms with van der Waals surface area (Å²) >= 11 is 1.32. The average molecular weight is 312 g/mol. The second-order valence-electron chi connectivity index (χ2n) is 4.32. The van der Waals surface area contributed by atoms with Crippen LogP contribution in [-0.4, -0.2) is 27.4 Å². The Labute approximate surface area is 125 Å². The number of ether oxygens (including phenoxy) is 1. The molecule has 0 radical (unpaired) electrons. The van der Waals surface area contributed by atoms with Crippen LogP contribution < -0.4 is 4.74 Å². The average Bonchev–Trinajstić information content (AvgIpc) is 2.46. The summed E-state index contributed by atoms with van der Waals surface area (Å²) in [6.07, 6.45) is 2.68. The fourth-order valence-electron chi connectivity index (χ4n) is 1.58. The van der Waals surface area contributed by atoms with Gasteiger partial charge in [0, 0.05) is 18.1 Å². The van der Waals surface area contributed by atoms with Crippen LogP contribution >= 0.6 is 11.8 Å². The Morgan fingerprint density at radius 1 is 1.19 bits per heavy atom. The van der Waals surface area contributed by atoms with E-state index in [9.17, 15) is 13.9 Å². The molecule has 0 saturated heterocycles. The number of hydrogen-bond acceptors (Lipinski definition) is 5. The van der Waals surface area contributed by atoms with E-state index in [-0.39, 0.29) is 5.75 Å². The molecule has 0 amide bonds. The summed E-state index contributed by atoms with van der Waals surface area (Å²) in [6, 6.07) is 5.91. The van der Waals surface area contributed by atoms with E-state index in [0.29, 0.717) is 16.5 Å². The first-order chi connectivity index (χ1) is 10.0. The van der Waals surface area contributed by atoms with Crippen LogP contribution in [0.5, 0.6) is 5.75 Å². The molecule has 0 saturated carbocycles. The first-order valence-corrected chi connectivity index (χ1v) is 7.17. The van der Waals surface area contributed by atoms with Gasteiger partial charge in [0.1, 0.15) is 5.75 Å². The summed E-state index contributed by atoms with van der Waals surface area (Å²) in [5.41, 5.74) is 1.59. The standard InChI is InChI=1S/C14H14F2N2O2S/c1-9-6-17-14(18-7-9)21-8-12(19)10-2-4-11(5-3-10)20-13(15)16/h2-7,12-13,19H,8H2,1H3. The van der Waals surface area contributed by atoms with Crippen LogP contribution in [0.25, 0.3) is 0 Å². The van der Waals surface area contributed by atoms with Crippen LogP contribution in [0.1, 0.15) is 17.2 Å². The lowest BCUT2D eigenvalue weighted by Crippen LogP contribution is -2.04. The van der Waals surface area contributed by atoms with Gasteiger partial charge in [-0.3, -0.25) is 0 Å².